The van der Waals surface area contributed by atoms with E-state index in [1.165, 1.54) is 0 Å². The minimum Gasteiger partial charge on any atom is -0.465 e. The fourth-order valence-corrected chi connectivity index (χ4v) is 2.77. The van der Waals surface area contributed by atoms with Crippen LogP contribution in [0.4, 0.5) is 0 Å². The van der Waals surface area contributed by atoms with Gasteiger partial charge in [0, 0.05) is 13.2 Å². The highest BCUT2D eigenvalue weighted by molar-refractivity contribution is 8.01. The van der Waals surface area contributed by atoms with Crippen molar-refractivity contribution in [3.8, 4) is 0 Å². The van der Waals surface area contributed by atoms with Crippen LogP contribution < -0.4 is 0 Å². The molecule has 4 heteroatoms. The second-order valence-electron chi connectivity index (χ2n) is 4.60. The first-order valence-corrected chi connectivity index (χ1v) is 7.93. The standard InChI is InChI=1S/C12H22O3S.C2H6/c1-4-15-11(13)12(2,3)16-9-10-5-7-14-8-6-10;1-2/h10H,4-9H2,1-3H3;1-2H3. The predicted octanol–water partition coefficient (Wildman–Crippen LogP) is 3.51. The van der Waals surface area contributed by atoms with Crippen LogP contribution in [0.5, 0.6) is 0 Å². The monoisotopic (exact) mass is 276 g/mol. The molecular formula is C14H28O3S. The summed E-state index contributed by atoms with van der Waals surface area (Å²) in [6.45, 7) is 11.9. The van der Waals surface area contributed by atoms with Crippen molar-refractivity contribution in [2.45, 2.75) is 52.2 Å². The van der Waals surface area contributed by atoms with Crippen molar-refractivity contribution in [2.75, 3.05) is 25.6 Å². The summed E-state index contributed by atoms with van der Waals surface area (Å²) in [5.74, 6) is 1.61. The topological polar surface area (TPSA) is 35.5 Å². The molecule has 0 aromatic carbocycles. The molecule has 0 aliphatic carbocycles. The van der Waals surface area contributed by atoms with Crippen LogP contribution >= 0.6 is 11.8 Å². The highest BCUT2D eigenvalue weighted by atomic mass is 32.2. The lowest BCUT2D eigenvalue weighted by molar-refractivity contribution is -0.145. The number of esters is 1. The van der Waals surface area contributed by atoms with Gasteiger partial charge in [-0.2, -0.15) is 0 Å². The minimum atomic E-state index is -0.422. The second-order valence-corrected chi connectivity index (χ2v) is 6.24. The van der Waals surface area contributed by atoms with Gasteiger partial charge in [-0.3, -0.25) is 4.79 Å². The highest BCUT2D eigenvalue weighted by Gasteiger charge is 2.30. The molecule has 0 aromatic rings. The van der Waals surface area contributed by atoms with Gasteiger partial charge in [0.25, 0.3) is 0 Å². The molecule has 1 rings (SSSR count). The molecule has 0 amide bonds. The van der Waals surface area contributed by atoms with Gasteiger partial charge in [0.1, 0.15) is 4.75 Å². The molecule has 1 aliphatic rings. The second kappa shape index (κ2) is 9.68. The van der Waals surface area contributed by atoms with Gasteiger partial charge in [0.2, 0.25) is 0 Å². The van der Waals surface area contributed by atoms with Crippen LogP contribution in [0, 0.1) is 5.92 Å². The van der Waals surface area contributed by atoms with Gasteiger partial charge in [0.15, 0.2) is 0 Å². The quantitative estimate of drug-likeness (QED) is 0.720. The van der Waals surface area contributed by atoms with Crippen LogP contribution in [0.25, 0.3) is 0 Å². The lowest BCUT2D eigenvalue weighted by atomic mass is 10.0. The zero-order valence-electron chi connectivity index (χ0n) is 12.5. The predicted molar refractivity (Wildman–Crippen MR) is 78.1 cm³/mol. The zero-order valence-corrected chi connectivity index (χ0v) is 13.3. The number of ether oxygens (including phenoxy) is 2. The average molecular weight is 276 g/mol. The molecule has 18 heavy (non-hydrogen) atoms. The Kier molecular flexibility index (Phi) is 9.56. The first-order valence-electron chi connectivity index (χ1n) is 6.95. The summed E-state index contributed by atoms with van der Waals surface area (Å²) in [5.41, 5.74) is 0. The van der Waals surface area contributed by atoms with E-state index < -0.39 is 4.75 Å². The summed E-state index contributed by atoms with van der Waals surface area (Å²) in [6, 6.07) is 0. The minimum absolute atomic E-state index is 0.105. The first-order chi connectivity index (χ1) is 8.56. The normalized spacial score (nSPS) is 16.7. The number of rotatable bonds is 5. The van der Waals surface area contributed by atoms with Crippen LogP contribution in [0.3, 0.4) is 0 Å². The fraction of sp³-hybridized carbons (Fsp3) is 0.929. The fourth-order valence-electron chi connectivity index (χ4n) is 1.60. The van der Waals surface area contributed by atoms with Gasteiger partial charge in [-0.05, 0) is 45.3 Å². The maximum absolute atomic E-state index is 11.7. The van der Waals surface area contributed by atoms with E-state index in [0.717, 1.165) is 31.8 Å². The van der Waals surface area contributed by atoms with Crippen molar-refractivity contribution in [3.05, 3.63) is 0 Å². The Hall–Kier alpha value is -0.220. The molecule has 0 bridgehead atoms. The Labute approximate surface area is 116 Å². The van der Waals surface area contributed by atoms with Crippen LogP contribution in [-0.2, 0) is 14.3 Å². The Bertz CT molecular complexity index is 223. The van der Waals surface area contributed by atoms with Gasteiger partial charge in [-0.25, -0.2) is 0 Å². The van der Waals surface area contributed by atoms with E-state index in [9.17, 15) is 4.79 Å². The SMILES string of the molecule is CC.CCOC(=O)C(C)(C)SCC1CCOCC1. The van der Waals surface area contributed by atoms with E-state index in [0.29, 0.717) is 12.5 Å². The van der Waals surface area contributed by atoms with E-state index in [-0.39, 0.29) is 5.97 Å². The smallest absolute Gasteiger partial charge is 0.321 e. The van der Waals surface area contributed by atoms with Crippen molar-refractivity contribution >= 4 is 17.7 Å². The molecule has 0 radical (unpaired) electrons. The summed E-state index contributed by atoms with van der Waals surface area (Å²) in [6.07, 6.45) is 2.23. The molecule has 0 atom stereocenters. The summed E-state index contributed by atoms with van der Waals surface area (Å²) in [4.78, 5) is 11.7. The molecule has 0 unspecified atom stereocenters. The number of hydrogen-bond acceptors (Lipinski definition) is 4. The third-order valence-corrected chi connectivity index (χ3v) is 4.31. The molecule has 108 valence electrons. The summed E-state index contributed by atoms with van der Waals surface area (Å²) < 4.78 is 9.96. The average Bonchev–Trinajstić information content (AvgIpc) is 2.40. The van der Waals surface area contributed by atoms with Gasteiger partial charge in [-0.15, -0.1) is 11.8 Å². The van der Waals surface area contributed by atoms with Gasteiger partial charge < -0.3 is 9.47 Å². The Morgan fingerprint density at radius 2 is 1.89 bits per heavy atom. The van der Waals surface area contributed by atoms with Crippen molar-refractivity contribution in [1.29, 1.82) is 0 Å². The first kappa shape index (κ1) is 17.8. The Balaban J connectivity index is 0.00000137. The molecule has 1 fully saturated rings. The largest absolute Gasteiger partial charge is 0.465 e. The van der Waals surface area contributed by atoms with Crippen molar-refractivity contribution in [1.82, 2.24) is 0 Å². The van der Waals surface area contributed by atoms with Crippen LogP contribution in [0.15, 0.2) is 0 Å². The van der Waals surface area contributed by atoms with E-state index in [2.05, 4.69) is 0 Å². The van der Waals surface area contributed by atoms with E-state index >= 15 is 0 Å². The van der Waals surface area contributed by atoms with E-state index in [4.69, 9.17) is 9.47 Å². The summed E-state index contributed by atoms with van der Waals surface area (Å²) in [7, 11) is 0. The van der Waals surface area contributed by atoms with E-state index in [1.807, 2.05) is 34.6 Å². The maximum atomic E-state index is 11.7. The lowest BCUT2D eigenvalue weighted by Crippen LogP contribution is -2.32. The molecule has 3 nitrogen and oxygen atoms in total. The number of hydrogen-bond donors (Lipinski definition) is 0. The lowest BCUT2D eigenvalue weighted by Gasteiger charge is -2.26. The number of carbonyl (C=O) groups excluding carboxylic acids is 1. The Morgan fingerprint density at radius 1 is 1.33 bits per heavy atom. The van der Waals surface area contributed by atoms with Gasteiger partial charge >= 0.3 is 5.97 Å². The maximum Gasteiger partial charge on any atom is 0.321 e. The van der Waals surface area contributed by atoms with Crippen molar-refractivity contribution < 1.29 is 14.3 Å². The Morgan fingerprint density at radius 3 is 2.39 bits per heavy atom. The van der Waals surface area contributed by atoms with Gasteiger partial charge in [-0.1, -0.05) is 13.8 Å². The van der Waals surface area contributed by atoms with Crippen molar-refractivity contribution in [2.24, 2.45) is 5.92 Å². The molecular weight excluding hydrogens is 248 g/mol. The van der Waals surface area contributed by atoms with E-state index in [1.54, 1.807) is 11.8 Å². The molecule has 0 spiro atoms. The third kappa shape index (κ3) is 6.64. The molecule has 0 N–H and O–H groups in total. The third-order valence-electron chi connectivity index (χ3n) is 2.79. The molecule has 0 aromatic heterocycles. The van der Waals surface area contributed by atoms with Crippen LogP contribution in [0.1, 0.15) is 47.5 Å². The molecule has 1 aliphatic heterocycles. The molecule has 1 saturated heterocycles. The highest BCUT2D eigenvalue weighted by Crippen LogP contribution is 2.30. The van der Waals surface area contributed by atoms with Crippen LogP contribution in [0.2, 0.25) is 0 Å². The summed E-state index contributed by atoms with van der Waals surface area (Å²) >= 11 is 1.70. The number of thioether (sulfide) groups is 1. The number of carbonyl (C=O) groups is 1. The van der Waals surface area contributed by atoms with Crippen molar-refractivity contribution in [3.63, 3.8) is 0 Å². The van der Waals surface area contributed by atoms with Crippen LogP contribution in [-0.4, -0.2) is 36.3 Å². The van der Waals surface area contributed by atoms with Gasteiger partial charge in [0.05, 0.1) is 6.61 Å². The molecule has 1 heterocycles. The molecule has 0 saturated carbocycles. The zero-order chi connectivity index (χ0) is 14.0. The summed E-state index contributed by atoms with van der Waals surface area (Å²) in [5, 5.41) is 0.